The topological polar surface area (TPSA) is 112 Å². The van der Waals surface area contributed by atoms with Crippen molar-refractivity contribution in [1.82, 2.24) is 25.1 Å². The number of alkyl halides is 6. The molecule has 0 spiro atoms. The van der Waals surface area contributed by atoms with Crippen molar-refractivity contribution < 1.29 is 55.0 Å². The van der Waals surface area contributed by atoms with Crippen LogP contribution in [0.2, 0.25) is 0 Å². The summed E-state index contributed by atoms with van der Waals surface area (Å²) < 4.78 is 90.5. The Kier molecular flexibility index (Phi) is 9.95. The van der Waals surface area contributed by atoms with E-state index < -0.39 is 78.1 Å². The number of hydrazine groups is 1. The number of ether oxygens (including phenoxy) is 2. The number of hydrogen-bond donors (Lipinski definition) is 1. The summed E-state index contributed by atoms with van der Waals surface area (Å²) in [6, 6.07) is 8.40. The van der Waals surface area contributed by atoms with Gasteiger partial charge in [0.05, 0.1) is 37.3 Å². The minimum absolute atomic E-state index is 0.0326. The third-order valence-electron chi connectivity index (χ3n) is 7.98. The second-order valence-corrected chi connectivity index (χ2v) is 11.3. The fraction of sp³-hybridized carbons (Fsp3) is 0.467. The Hall–Kier alpha value is -4.38. The maximum absolute atomic E-state index is 13.8. The number of rotatable bonds is 7. The highest BCUT2D eigenvalue weighted by atomic mass is 19.4. The summed E-state index contributed by atoms with van der Waals surface area (Å²) in [4.78, 5) is 57.1. The van der Waals surface area contributed by atoms with E-state index in [1.807, 2.05) is 0 Å². The normalized spacial score (nSPS) is 21.0. The van der Waals surface area contributed by atoms with Crippen molar-refractivity contribution in [2.75, 3.05) is 39.4 Å². The van der Waals surface area contributed by atoms with Crippen LogP contribution >= 0.6 is 0 Å². The molecule has 3 aliphatic rings. The number of nitrogens with zero attached hydrogens (tertiary/aromatic N) is 4. The zero-order valence-corrected chi connectivity index (χ0v) is 24.9. The average molecular weight is 672 g/mol. The number of carbonyl (C=O) groups excluding carboxylic acids is 4. The molecule has 11 nitrogen and oxygen atoms in total. The first-order valence-electron chi connectivity index (χ1n) is 14.7. The number of morpholine rings is 1. The van der Waals surface area contributed by atoms with Crippen molar-refractivity contribution in [2.24, 2.45) is 0 Å². The van der Waals surface area contributed by atoms with Gasteiger partial charge in [-0.1, -0.05) is 30.3 Å². The van der Waals surface area contributed by atoms with Gasteiger partial charge in [-0.3, -0.25) is 24.7 Å². The van der Waals surface area contributed by atoms with E-state index in [4.69, 9.17) is 9.47 Å². The van der Waals surface area contributed by atoms with E-state index in [0.717, 1.165) is 15.4 Å². The van der Waals surface area contributed by atoms with Crippen LogP contribution in [0.25, 0.3) is 0 Å². The van der Waals surface area contributed by atoms with Gasteiger partial charge in [0.1, 0.15) is 18.8 Å². The first-order chi connectivity index (χ1) is 22.2. The molecule has 3 saturated heterocycles. The van der Waals surface area contributed by atoms with Gasteiger partial charge in [-0.25, -0.2) is 9.80 Å². The molecule has 4 amide bonds. The van der Waals surface area contributed by atoms with E-state index in [-0.39, 0.29) is 32.1 Å². The van der Waals surface area contributed by atoms with Gasteiger partial charge in [0.25, 0.3) is 0 Å². The monoisotopic (exact) mass is 671 g/mol. The molecule has 254 valence electrons. The first kappa shape index (κ1) is 34.0. The lowest BCUT2D eigenvalue weighted by molar-refractivity contribution is -0.170. The summed E-state index contributed by atoms with van der Waals surface area (Å²) >= 11 is 0. The van der Waals surface area contributed by atoms with Crippen LogP contribution in [0.5, 0.6) is 0 Å². The number of amides is 4. The molecule has 2 aromatic rings. The maximum Gasteiger partial charge on any atom is 0.416 e. The Balaban J connectivity index is 1.38. The molecular formula is C30H31F6N5O6. The fourth-order valence-corrected chi connectivity index (χ4v) is 5.74. The molecule has 17 heteroatoms. The highest BCUT2D eigenvalue weighted by molar-refractivity contribution is 5.94. The molecule has 3 heterocycles. The zero-order valence-electron chi connectivity index (χ0n) is 24.9. The molecule has 3 fully saturated rings. The predicted octanol–water partition coefficient (Wildman–Crippen LogP) is 3.39. The number of carbonyl (C=O) groups is 4. The average Bonchev–Trinajstić information content (AvgIpc) is 3.02. The Morgan fingerprint density at radius 2 is 1.53 bits per heavy atom. The summed E-state index contributed by atoms with van der Waals surface area (Å²) in [7, 11) is 0. The number of piperazine rings is 1. The molecule has 0 aromatic heterocycles. The van der Waals surface area contributed by atoms with E-state index in [1.165, 1.54) is 4.90 Å². The lowest BCUT2D eigenvalue weighted by Gasteiger charge is -2.51. The van der Waals surface area contributed by atoms with Gasteiger partial charge >= 0.3 is 18.4 Å². The number of benzene rings is 2. The molecule has 0 bridgehead atoms. The summed E-state index contributed by atoms with van der Waals surface area (Å²) in [5.74, 6) is -1.60. The summed E-state index contributed by atoms with van der Waals surface area (Å²) in [6.45, 7) is 0.351. The van der Waals surface area contributed by atoms with Crippen molar-refractivity contribution in [3.05, 3.63) is 70.8 Å². The van der Waals surface area contributed by atoms with Crippen LogP contribution in [-0.4, -0.2) is 95.1 Å². The van der Waals surface area contributed by atoms with Crippen LogP contribution in [0.3, 0.4) is 0 Å². The Bertz CT molecular complexity index is 1450. The lowest BCUT2D eigenvalue weighted by Crippen LogP contribution is -2.71. The van der Waals surface area contributed by atoms with Crippen molar-refractivity contribution >= 4 is 23.8 Å². The Morgan fingerprint density at radius 1 is 0.894 bits per heavy atom. The van der Waals surface area contributed by atoms with Crippen molar-refractivity contribution in [3.8, 4) is 0 Å². The highest BCUT2D eigenvalue weighted by Crippen LogP contribution is 2.37. The molecule has 47 heavy (non-hydrogen) atoms. The summed E-state index contributed by atoms with van der Waals surface area (Å²) in [5, 5.41) is 1.62. The first-order valence-corrected chi connectivity index (χ1v) is 14.7. The quantitative estimate of drug-likeness (QED) is 0.450. The van der Waals surface area contributed by atoms with Gasteiger partial charge in [-0.15, -0.1) is 0 Å². The molecule has 0 saturated carbocycles. The van der Waals surface area contributed by atoms with Gasteiger partial charge in [0.2, 0.25) is 17.7 Å². The SMILES string of the molecule is O=C(C[C@H]1C(=O)N(Cc2ccccc2)CC2N(C(=O)OCc3cc(C(F)(F)F)cc(C(F)(F)F)c3)CCC(=O)N21)NN1CCOCC1. The van der Waals surface area contributed by atoms with Crippen LogP contribution in [0, 0.1) is 0 Å². The highest BCUT2D eigenvalue weighted by Gasteiger charge is 2.50. The molecule has 1 unspecified atom stereocenters. The minimum Gasteiger partial charge on any atom is -0.444 e. The van der Waals surface area contributed by atoms with E-state index in [1.54, 1.807) is 35.3 Å². The van der Waals surface area contributed by atoms with Gasteiger partial charge in [0, 0.05) is 32.6 Å². The van der Waals surface area contributed by atoms with Gasteiger partial charge in [-0.2, -0.15) is 26.3 Å². The van der Waals surface area contributed by atoms with Crippen LogP contribution in [0.1, 0.15) is 35.1 Å². The maximum atomic E-state index is 13.8. The van der Waals surface area contributed by atoms with Gasteiger partial charge < -0.3 is 19.3 Å². The predicted molar refractivity (Wildman–Crippen MR) is 149 cm³/mol. The standard InChI is InChI=1S/C30H31F6N5O6/c31-29(32,33)21-12-20(13-22(14-21)30(34,35)36)18-47-28(45)40-7-6-26(43)41-23(15-24(42)37-39-8-10-46-11-9-39)27(44)38(17-25(40)41)16-19-4-2-1-3-5-19/h1-5,12-14,23,25H,6-11,15-18H2,(H,37,42)/t23-,25?/m0/s1. The zero-order chi connectivity index (χ0) is 33.9. The molecule has 2 aromatic carbocycles. The second kappa shape index (κ2) is 13.8. The van der Waals surface area contributed by atoms with Gasteiger partial charge in [-0.05, 0) is 29.3 Å². The number of fused-ring (bicyclic) bond motifs is 1. The third kappa shape index (κ3) is 8.13. The van der Waals surface area contributed by atoms with Crippen molar-refractivity contribution in [3.63, 3.8) is 0 Å². The van der Waals surface area contributed by atoms with E-state index in [2.05, 4.69) is 5.43 Å². The summed E-state index contributed by atoms with van der Waals surface area (Å²) in [5.41, 5.74) is -0.238. The molecule has 0 aliphatic carbocycles. The molecule has 3 aliphatic heterocycles. The van der Waals surface area contributed by atoms with Crippen molar-refractivity contribution in [1.29, 1.82) is 0 Å². The Labute approximate surface area is 264 Å². The van der Waals surface area contributed by atoms with Crippen LogP contribution in [0.4, 0.5) is 31.1 Å². The van der Waals surface area contributed by atoms with Crippen LogP contribution in [-0.2, 0) is 49.4 Å². The molecular weight excluding hydrogens is 640 g/mol. The van der Waals surface area contributed by atoms with Crippen molar-refractivity contribution in [2.45, 2.75) is 50.6 Å². The number of nitrogens with one attached hydrogen (secondary N) is 1. The molecule has 2 atom stereocenters. The van der Waals surface area contributed by atoms with Crippen LogP contribution in [0.15, 0.2) is 48.5 Å². The van der Waals surface area contributed by atoms with Crippen LogP contribution < -0.4 is 5.43 Å². The lowest BCUT2D eigenvalue weighted by atomic mass is 10.0. The largest absolute Gasteiger partial charge is 0.444 e. The molecule has 5 rings (SSSR count). The summed E-state index contributed by atoms with van der Waals surface area (Å²) in [6.07, 6.45) is -13.1. The Morgan fingerprint density at radius 3 is 2.15 bits per heavy atom. The molecule has 1 N–H and O–H groups in total. The minimum atomic E-state index is -5.09. The third-order valence-corrected chi connectivity index (χ3v) is 7.98. The fourth-order valence-electron chi connectivity index (χ4n) is 5.74. The second-order valence-electron chi connectivity index (χ2n) is 11.3. The van der Waals surface area contributed by atoms with E-state index in [0.29, 0.717) is 38.4 Å². The van der Waals surface area contributed by atoms with Gasteiger partial charge in [0.15, 0.2) is 0 Å². The van der Waals surface area contributed by atoms with E-state index >= 15 is 0 Å². The number of hydrogen-bond acceptors (Lipinski definition) is 7. The molecule has 0 radical (unpaired) electrons. The smallest absolute Gasteiger partial charge is 0.416 e. The number of halogens is 6. The van der Waals surface area contributed by atoms with E-state index in [9.17, 15) is 45.5 Å².